The lowest BCUT2D eigenvalue weighted by atomic mass is 9.98. The van der Waals surface area contributed by atoms with Gasteiger partial charge >= 0.3 is 11.9 Å². The summed E-state index contributed by atoms with van der Waals surface area (Å²) in [4.78, 5) is 25.7. The average molecular weight is 931 g/mol. The van der Waals surface area contributed by atoms with E-state index in [0.29, 0.717) is 12.8 Å². The van der Waals surface area contributed by atoms with E-state index in [9.17, 15) is 45.3 Å². The van der Waals surface area contributed by atoms with Crippen LogP contribution in [0.2, 0.25) is 0 Å². The molecule has 0 aromatic heterocycles. The Labute approximate surface area is 390 Å². The zero-order chi connectivity index (χ0) is 47.5. The minimum Gasteiger partial charge on any atom is -0.462 e. The van der Waals surface area contributed by atoms with Crippen molar-refractivity contribution in [3.05, 3.63) is 24.3 Å². The topological polar surface area (TPSA) is 231 Å². The molecule has 0 saturated carbocycles. The highest BCUT2D eigenvalue weighted by Crippen LogP contribution is 2.26. The zero-order valence-electron chi connectivity index (χ0n) is 40.0. The fourth-order valence-corrected chi connectivity index (χ4v) is 7.90. The highest BCUT2D eigenvalue weighted by Gasteiger charge is 2.47. The molecule has 0 bridgehead atoms. The Morgan fingerprint density at radius 2 is 0.892 bits per heavy atom. The van der Waals surface area contributed by atoms with Gasteiger partial charge in [-0.25, -0.2) is 0 Å². The molecule has 2 aliphatic heterocycles. The van der Waals surface area contributed by atoms with Crippen LogP contribution >= 0.6 is 0 Å². The first kappa shape index (κ1) is 59.1. The Kier molecular flexibility index (Phi) is 34.5. The summed E-state index contributed by atoms with van der Waals surface area (Å²) in [6.45, 7) is 2.54. The minimum absolute atomic E-state index is 0.163. The molecule has 380 valence electrons. The van der Waals surface area contributed by atoms with Crippen molar-refractivity contribution in [1.82, 2.24) is 0 Å². The third kappa shape index (κ3) is 26.4. The Balaban J connectivity index is 1.82. The van der Waals surface area contributed by atoms with Crippen molar-refractivity contribution in [1.29, 1.82) is 0 Å². The number of unbranched alkanes of at least 4 members (excludes halogenated alkanes) is 21. The molecule has 2 saturated heterocycles. The first-order valence-corrected chi connectivity index (χ1v) is 25.4. The summed E-state index contributed by atoms with van der Waals surface area (Å²) in [6, 6.07) is 0. The maximum Gasteiger partial charge on any atom is 0.306 e. The number of carbonyl (C=O) groups is 2. The summed E-state index contributed by atoms with van der Waals surface area (Å²) in [7, 11) is 0. The number of hydrogen-bond acceptors (Lipinski definition) is 15. The molecule has 2 fully saturated rings. The summed E-state index contributed by atoms with van der Waals surface area (Å²) in [5, 5.41) is 72.0. The predicted octanol–water partition coefficient (Wildman–Crippen LogP) is 6.77. The highest BCUT2D eigenvalue weighted by molar-refractivity contribution is 5.70. The molecule has 0 aromatic rings. The Morgan fingerprint density at radius 3 is 1.40 bits per heavy atom. The van der Waals surface area contributed by atoms with Crippen LogP contribution in [0.4, 0.5) is 0 Å². The molecule has 2 aliphatic rings. The van der Waals surface area contributed by atoms with Gasteiger partial charge < -0.3 is 64.2 Å². The summed E-state index contributed by atoms with van der Waals surface area (Å²) < 4.78 is 33.5. The lowest BCUT2D eigenvalue weighted by molar-refractivity contribution is -0.332. The molecule has 0 aromatic carbocycles. The van der Waals surface area contributed by atoms with Crippen molar-refractivity contribution in [2.75, 3.05) is 26.4 Å². The zero-order valence-corrected chi connectivity index (χ0v) is 40.0. The van der Waals surface area contributed by atoms with Gasteiger partial charge in [0, 0.05) is 12.8 Å². The molecule has 4 unspecified atom stereocenters. The molecule has 0 aliphatic carbocycles. The number of carbonyl (C=O) groups excluding carboxylic acids is 2. The molecule has 2 heterocycles. The number of aliphatic hydroxyl groups is 7. The van der Waals surface area contributed by atoms with E-state index in [4.69, 9.17) is 28.4 Å². The van der Waals surface area contributed by atoms with Gasteiger partial charge in [-0.15, -0.1) is 0 Å². The van der Waals surface area contributed by atoms with Crippen LogP contribution in [0, 0.1) is 0 Å². The van der Waals surface area contributed by atoms with Gasteiger partial charge in [-0.2, -0.15) is 0 Å². The van der Waals surface area contributed by atoms with Crippen LogP contribution in [0.3, 0.4) is 0 Å². The highest BCUT2D eigenvalue weighted by atomic mass is 16.7. The van der Waals surface area contributed by atoms with E-state index < -0.39 is 92.7 Å². The molecule has 0 amide bonds. The van der Waals surface area contributed by atoms with Gasteiger partial charge in [0.15, 0.2) is 18.7 Å². The van der Waals surface area contributed by atoms with E-state index in [-0.39, 0.29) is 26.1 Å². The number of hydrogen-bond donors (Lipinski definition) is 7. The molecule has 2 rings (SSSR count). The third-order valence-corrected chi connectivity index (χ3v) is 12.2. The maximum atomic E-state index is 13.0. The van der Waals surface area contributed by atoms with Gasteiger partial charge in [-0.3, -0.25) is 9.59 Å². The molecule has 15 heteroatoms. The fourth-order valence-electron chi connectivity index (χ4n) is 7.90. The summed E-state index contributed by atoms with van der Waals surface area (Å²) in [6.07, 6.45) is 20.6. The van der Waals surface area contributed by atoms with Crippen LogP contribution in [0.25, 0.3) is 0 Å². The molecular weight excluding hydrogens is 841 g/mol. The summed E-state index contributed by atoms with van der Waals surface area (Å²) in [5.41, 5.74) is 0. The Morgan fingerprint density at radius 1 is 0.477 bits per heavy atom. The normalized spacial score (nSPS) is 26.5. The monoisotopic (exact) mass is 931 g/mol. The van der Waals surface area contributed by atoms with Gasteiger partial charge in [0.05, 0.1) is 19.8 Å². The van der Waals surface area contributed by atoms with Crippen LogP contribution in [0.15, 0.2) is 24.3 Å². The number of ether oxygens (including phenoxy) is 6. The van der Waals surface area contributed by atoms with E-state index >= 15 is 0 Å². The van der Waals surface area contributed by atoms with Gasteiger partial charge in [-0.1, -0.05) is 141 Å². The molecule has 65 heavy (non-hydrogen) atoms. The van der Waals surface area contributed by atoms with Crippen LogP contribution in [-0.2, 0) is 38.0 Å². The smallest absolute Gasteiger partial charge is 0.306 e. The van der Waals surface area contributed by atoms with Crippen molar-refractivity contribution in [3.63, 3.8) is 0 Å². The third-order valence-electron chi connectivity index (χ3n) is 12.2. The number of esters is 2. The predicted molar refractivity (Wildman–Crippen MR) is 247 cm³/mol. The average Bonchev–Trinajstić information content (AvgIpc) is 3.30. The maximum absolute atomic E-state index is 13.0. The first-order chi connectivity index (χ1) is 31.5. The van der Waals surface area contributed by atoms with E-state index in [1.807, 2.05) is 0 Å². The van der Waals surface area contributed by atoms with E-state index in [0.717, 1.165) is 64.2 Å². The van der Waals surface area contributed by atoms with Gasteiger partial charge in [0.25, 0.3) is 0 Å². The van der Waals surface area contributed by atoms with Crippen LogP contribution in [0.5, 0.6) is 0 Å². The lowest BCUT2D eigenvalue weighted by Crippen LogP contribution is -2.61. The second-order valence-corrected chi connectivity index (χ2v) is 18.0. The van der Waals surface area contributed by atoms with Crippen molar-refractivity contribution in [3.8, 4) is 0 Å². The minimum atomic E-state index is -1.76. The molecule has 0 spiro atoms. The standard InChI is InChI=1S/C50H90O15/c1-3-5-7-9-11-13-15-17-19-21-23-25-27-29-31-33-42(53)63-38(35-60-41(52)32-30-28-26-24-22-20-18-16-14-12-10-8-6-4-2)36-61-49-48(59)46(57)44(55)40(65-49)37-62-50-47(58)45(56)43(54)39(34-51)64-50/h9,11,16,18,38-40,43-51,54-59H,3-8,10,12-15,17,19-37H2,1-2H3/b11-9+,18-16+/t38-,39-,40-,43+,44+,45?,46?,47?,48?,49-,50-/m1/s1. The van der Waals surface area contributed by atoms with Crippen molar-refractivity contribution >= 4 is 11.9 Å². The quantitative estimate of drug-likeness (QED) is 0.0192. The molecule has 11 atom stereocenters. The Bertz CT molecular complexity index is 1230. The van der Waals surface area contributed by atoms with Crippen LogP contribution in [0.1, 0.15) is 187 Å². The second-order valence-electron chi connectivity index (χ2n) is 18.0. The van der Waals surface area contributed by atoms with E-state index in [2.05, 4.69) is 38.2 Å². The molecular formula is C50H90O15. The van der Waals surface area contributed by atoms with Gasteiger partial charge in [0.1, 0.15) is 55.4 Å². The SMILES string of the molecule is CCCC/C=C/CCCCCCCCCCCC(=O)O[C@H](COC(=O)CCCCCCC/C=C/CCCCCCC)CO[C@@H]1O[C@H](CO[C@@H]2O[C@H](CO)[C@H](O)C(O)C2O)[C@H](O)C(O)C1O. The number of aliphatic hydroxyl groups excluding tert-OH is 7. The van der Waals surface area contributed by atoms with E-state index in [1.165, 1.54) is 83.5 Å². The summed E-state index contributed by atoms with van der Waals surface area (Å²) >= 11 is 0. The van der Waals surface area contributed by atoms with Crippen molar-refractivity contribution < 1.29 is 73.8 Å². The van der Waals surface area contributed by atoms with Gasteiger partial charge in [0.2, 0.25) is 0 Å². The number of allylic oxidation sites excluding steroid dienone is 4. The molecule has 15 nitrogen and oxygen atoms in total. The van der Waals surface area contributed by atoms with Crippen molar-refractivity contribution in [2.24, 2.45) is 0 Å². The van der Waals surface area contributed by atoms with Crippen LogP contribution < -0.4 is 0 Å². The number of rotatable bonds is 39. The van der Waals surface area contributed by atoms with Gasteiger partial charge in [-0.05, 0) is 57.8 Å². The molecule has 7 N–H and O–H groups in total. The Hall–Kier alpha value is -2.02. The first-order valence-electron chi connectivity index (χ1n) is 25.4. The largest absolute Gasteiger partial charge is 0.462 e. The lowest BCUT2D eigenvalue weighted by Gasteiger charge is -2.42. The van der Waals surface area contributed by atoms with Crippen LogP contribution in [-0.4, -0.2) is 142 Å². The van der Waals surface area contributed by atoms with Crippen molar-refractivity contribution in [2.45, 2.75) is 255 Å². The van der Waals surface area contributed by atoms with E-state index in [1.54, 1.807) is 0 Å². The fraction of sp³-hybridized carbons (Fsp3) is 0.880. The molecule has 0 radical (unpaired) electrons. The second kappa shape index (κ2) is 37.9. The summed E-state index contributed by atoms with van der Waals surface area (Å²) in [5.74, 6) is -0.934.